The number of hydrogen-bond donors (Lipinski definition) is 1. The molecule has 0 aliphatic heterocycles. The van der Waals surface area contributed by atoms with Crippen molar-refractivity contribution in [1.82, 2.24) is 5.32 Å². The summed E-state index contributed by atoms with van der Waals surface area (Å²) in [6.45, 7) is 0.579. The van der Waals surface area contributed by atoms with Gasteiger partial charge in [0.25, 0.3) is 0 Å². The van der Waals surface area contributed by atoms with Crippen LogP contribution in [0.5, 0.6) is 0 Å². The molecule has 0 saturated heterocycles. The smallest absolute Gasteiger partial charge is 0.356 e. The number of alkyl halides is 4. The zero-order chi connectivity index (χ0) is 15.5. The van der Waals surface area contributed by atoms with Gasteiger partial charge in [0.1, 0.15) is 0 Å². The molecule has 2 saturated carbocycles. The van der Waals surface area contributed by atoms with Crippen LogP contribution in [0.15, 0.2) is 0 Å². The molecule has 0 radical (unpaired) electrons. The maximum atomic E-state index is 12.7. The van der Waals surface area contributed by atoms with E-state index in [2.05, 4.69) is 5.32 Å². The van der Waals surface area contributed by atoms with Crippen LogP contribution in [0.1, 0.15) is 51.4 Å². The lowest BCUT2D eigenvalue weighted by molar-refractivity contribution is -0.186. The molecule has 2 atom stereocenters. The molecule has 0 aromatic rings. The van der Waals surface area contributed by atoms with Gasteiger partial charge in [-0.1, -0.05) is 6.42 Å². The van der Waals surface area contributed by atoms with Gasteiger partial charge in [0.15, 0.2) is 0 Å². The van der Waals surface area contributed by atoms with Crippen LogP contribution in [-0.2, 0) is 4.79 Å². The van der Waals surface area contributed by atoms with Crippen LogP contribution in [0.25, 0.3) is 0 Å². The van der Waals surface area contributed by atoms with E-state index in [1.165, 1.54) is 0 Å². The van der Waals surface area contributed by atoms with Crippen molar-refractivity contribution in [3.05, 3.63) is 0 Å². The lowest BCUT2D eigenvalue weighted by atomic mass is 9.80. The number of carbonyl (C=O) groups excluding carboxylic acids is 1. The third-order valence-electron chi connectivity index (χ3n) is 4.85. The standard InChI is InChI=1S/C15H23ClF3NO/c16-13-6-4-10(5-7-13)9-20-14(21)11-2-1-3-12(8-11)15(17,18)19/h10-13H,1-9H2,(H,20,21). The van der Waals surface area contributed by atoms with E-state index in [0.29, 0.717) is 25.3 Å². The van der Waals surface area contributed by atoms with Gasteiger partial charge in [-0.2, -0.15) is 13.2 Å². The molecule has 2 aliphatic carbocycles. The first-order valence-electron chi connectivity index (χ1n) is 7.84. The Morgan fingerprint density at radius 2 is 1.76 bits per heavy atom. The van der Waals surface area contributed by atoms with E-state index in [1.54, 1.807) is 0 Å². The Morgan fingerprint density at radius 3 is 2.38 bits per heavy atom. The first-order valence-corrected chi connectivity index (χ1v) is 8.28. The minimum absolute atomic E-state index is 0.0518. The molecule has 0 aromatic carbocycles. The van der Waals surface area contributed by atoms with E-state index < -0.39 is 18.0 Å². The van der Waals surface area contributed by atoms with Gasteiger partial charge >= 0.3 is 6.18 Å². The highest BCUT2D eigenvalue weighted by atomic mass is 35.5. The third-order valence-corrected chi connectivity index (χ3v) is 5.29. The van der Waals surface area contributed by atoms with Crippen LogP contribution in [0, 0.1) is 17.8 Å². The Hall–Kier alpha value is -0.450. The summed E-state index contributed by atoms with van der Waals surface area (Å²) >= 11 is 6.03. The van der Waals surface area contributed by atoms with Crippen LogP contribution >= 0.6 is 11.6 Å². The molecular formula is C15H23ClF3NO. The highest BCUT2D eigenvalue weighted by Crippen LogP contribution is 2.40. The fourth-order valence-electron chi connectivity index (χ4n) is 3.44. The molecule has 2 aliphatic rings. The van der Waals surface area contributed by atoms with Crippen LogP contribution in [0.4, 0.5) is 13.2 Å². The molecule has 2 unspecified atom stereocenters. The molecule has 0 bridgehead atoms. The van der Waals surface area contributed by atoms with E-state index in [9.17, 15) is 18.0 Å². The lowest BCUT2D eigenvalue weighted by Crippen LogP contribution is -2.39. The zero-order valence-electron chi connectivity index (χ0n) is 12.1. The number of carbonyl (C=O) groups is 1. The minimum atomic E-state index is -4.17. The highest BCUT2D eigenvalue weighted by Gasteiger charge is 2.43. The van der Waals surface area contributed by atoms with Gasteiger partial charge < -0.3 is 5.32 Å². The summed E-state index contributed by atoms with van der Waals surface area (Å²) < 4.78 is 38.2. The average molecular weight is 326 g/mol. The average Bonchev–Trinajstić information content (AvgIpc) is 2.45. The van der Waals surface area contributed by atoms with Crippen molar-refractivity contribution in [3.8, 4) is 0 Å². The normalized spacial score (nSPS) is 34.5. The van der Waals surface area contributed by atoms with Gasteiger partial charge in [-0.25, -0.2) is 0 Å². The van der Waals surface area contributed by atoms with Crippen molar-refractivity contribution in [2.45, 2.75) is 62.9 Å². The molecule has 0 heterocycles. The van der Waals surface area contributed by atoms with Crippen molar-refractivity contribution in [1.29, 1.82) is 0 Å². The summed E-state index contributed by atoms with van der Waals surface area (Å²) in [6.07, 6.45) is 0.902. The largest absolute Gasteiger partial charge is 0.391 e. The van der Waals surface area contributed by atoms with Crippen LogP contribution in [-0.4, -0.2) is 24.0 Å². The maximum absolute atomic E-state index is 12.7. The zero-order valence-corrected chi connectivity index (χ0v) is 12.8. The Morgan fingerprint density at radius 1 is 1.10 bits per heavy atom. The van der Waals surface area contributed by atoms with E-state index in [0.717, 1.165) is 25.7 Å². The predicted octanol–water partition coefficient (Wildman–Crippen LogP) is 4.27. The molecule has 6 heteroatoms. The summed E-state index contributed by atoms with van der Waals surface area (Å²) in [5.74, 6) is -1.56. The van der Waals surface area contributed by atoms with E-state index in [4.69, 9.17) is 11.6 Å². The van der Waals surface area contributed by atoms with Crippen molar-refractivity contribution in [2.75, 3.05) is 6.54 Å². The van der Waals surface area contributed by atoms with E-state index in [-0.39, 0.29) is 24.1 Å². The molecule has 2 nitrogen and oxygen atoms in total. The second kappa shape index (κ2) is 7.21. The van der Waals surface area contributed by atoms with Crippen molar-refractivity contribution >= 4 is 17.5 Å². The van der Waals surface area contributed by atoms with Crippen molar-refractivity contribution in [2.24, 2.45) is 17.8 Å². The van der Waals surface area contributed by atoms with Crippen molar-refractivity contribution < 1.29 is 18.0 Å². The van der Waals surface area contributed by atoms with E-state index >= 15 is 0 Å². The number of rotatable bonds is 3. The highest BCUT2D eigenvalue weighted by molar-refractivity contribution is 6.20. The van der Waals surface area contributed by atoms with Gasteiger partial charge in [0, 0.05) is 17.8 Å². The molecule has 2 fully saturated rings. The van der Waals surface area contributed by atoms with Gasteiger partial charge in [-0.15, -0.1) is 11.6 Å². The summed E-state index contributed by atoms with van der Waals surface area (Å²) in [4.78, 5) is 12.1. The fraction of sp³-hybridized carbons (Fsp3) is 0.933. The lowest BCUT2D eigenvalue weighted by Gasteiger charge is -2.30. The Labute approximate surface area is 128 Å². The molecule has 2 rings (SSSR count). The summed E-state index contributed by atoms with van der Waals surface area (Å²) in [5.41, 5.74) is 0. The molecule has 0 aromatic heterocycles. The van der Waals surface area contributed by atoms with Gasteiger partial charge in [-0.3, -0.25) is 4.79 Å². The van der Waals surface area contributed by atoms with Gasteiger partial charge in [0.05, 0.1) is 5.92 Å². The molecule has 0 spiro atoms. The summed E-state index contributed by atoms with van der Waals surface area (Å²) in [6, 6.07) is 0. The van der Waals surface area contributed by atoms with Crippen LogP contribution < -0.4 is 5.32 Å². The molecule has 1 N–H and O–H groups in total. The second-order valence-electron chi connectivity index (χ2n) is 6.47. The quantitative estimate of drug-likeness (QED) is 0.771. The molecular weight excluding hydrogens is 303 g/mol. The minimum Gasteiger partial charge on any atom is -0.356 e. The van der Waals surface area contributed by atoms with Crippen LogP contribution in [0.3, 0.4) is 0 Å². The Balaban J connectivity index is 1.75. The molecule has 21 heavy (non-hydrogen) atoms. The second-order valence-corrected chi connectivity index (χ2v) is 7.08. The number of halogens is 4. The molecule has 122 valence electrons. The SMILES string of the molecule is O=C(NCC1CCC(Cl)CC1)C1CCCC(C(F)(F)F)C1. The topological polar surface area (TPSA) is 29.1 Å². The van der Waals surface area contributed by atoms with Crippen molar-refractivity contribution in [3.63, 3.8) is 0 Å². The molecule has 1 amide bonds. The summed E-state index contributed by atoms with van der Waals surface area (Å²) in [5, 5.41) is 3.10. The third kappa shape index (κ3) is 5.04. The summed E-state index contributed by atoms with van der Waals surface area (Å²) in [7, 11) is 0. The van der Waals surface area contributed by atoms with Gasteiger partial charge in [0.2, 0.25) is 5.91 Å². The van der Waals surface area contributed by atoms with Gasteiger partial charge in [-0.05, 0) is 50.9 Å². The number of amides is 1. The van der Waals surface area contributed by atoms with E-state index in [1.807, 2.05) is 0 Å². The monoisotopic (exact) mass is 325 g/mol. The number of nitrogens with one attached hydrogen (secondary N) is 1. The fourth-order valence-corrected chi connectivity index (χ4v) is 3.69. The number of hydrogen-bond acceptors (Lipinski definition) is 1. The Bertz CT molecular complexity index is 353. The predicted molar refractivity (Wildman–Crippen MR) is 76.1 cm³/mol. The maximum Gasteiger partial charge on any atom is 0.391 e. The first-order chi connectivity index (χ1) is 9.86. The first kappa shape index (κ1) is 16.9. The van der Waals surface area contributed by atoms with Crippen LogP contribution in [0.2, 0.25) is 0 Å². The Kier molecular flexibility index (Phi) is 5.81.